The van der Waals surface area contributed by atoms with E-state index in [2.05, 4.69) is 0 Å². The number of methoxy groups -OCH3 is 1. The second-order valence-corrected chi connectivity index (χ2v) is 17.8. The van der Waals surface area contributed by atoms with E-state index in [1.165, 1.54) is 14.0 Å². The van der Waals surface area contributed by atoms with Crippen LogP contribution >= 0.6 is 0 Å². The van der Waals surface area contributed by atoms with E-state index in [0.717, 1.165) is 0 Å². The number of allylic oxidation sites excluding steroid dienone is 2. The van der Waals surface area contributed by atoms with Crippen LogP contribution in [0.3, 0.4) is 0 Å². The van der Waals surface area contributed by atoms with Crippen molar-refractivity contribution in [2.75, 3.05) is 21.2 Å². The van der Waals surface area contributed by atoms with Crippen LogP contribution in [0.4, 0.5) is 0 Å². The van der Waals surface area contributed by atoms with Crippen LogP contribution in [0, 0.1) is 17.8 Å². The lowest BCUT2D eigenvalue weighted by atomic mass is 9.82. The second-order valence-electron chi connectivity index (χ2n) is 17.8. The van der Waals surface area contributed by atoms with Crippen LogP contribution in [0.25, 0.3) is 0 Å². The molecule has 2 N–H and O–H groups in total. The molecule has 17 heteroatoms. The highest BCUT2D eigenvalue weighted by atomic mass is 16.7. The Labute approximate surface area is 367 Å². The number of carbonyl (C=O) groups is 5. The maximum absolute atomic E-state index is 13.4. The third-order valence-corrected chi connectivity index (χ3v) is 11.4. The molecule has 1 unspecified atom stereocenters. The number of hydrogen-bond acceptors (Lipinski definition) is 17. The molecular formula is C45H73NO16. The topological polar surface area (TPSA) is 212 Å². The molecule has 0 bridgehead atoms. The van der Waals surface area contributed by atoms with E-state index in [1.54, 1.807) is 71.8 Å². The first-order valence-electron chi connectivity index (χ1n) is 21.9. The Bertz CT molecular complexity index is 1520. The van der Waals surface area contributed by atoms with Gasteiger partial charge in [0.1, 0.15) is 48.5 Å². The van der Waals surface area contributed by atoms with Gasteiger partial charge in [-0.1, -0.05) is 45.9 Å². The van der Waals surface area contributed by atoms with E-state index in [-0.39, 0.29) is 38.0 Å². The molecular weight excluding hydrogens is 810 g/mol. The highest BCUT2D eigenvalue weighted by Crippen LogP contribution is 2.38. The summed E-state index contributed by atoms with van der Waals surface area (Å²) in [6, 6.07) is -0.804. The molecule has 62 heavy (non-hydrogen) atoms. The molecule has 0 saturated carbocycles. The van der Waals surface area contributed by atoms with E-state index in [1.807, 2.05) is 26.8 Å². The molecule has 16 atom stereocenters. The minimum atomic E-state index is -1.51. The molecule has 2 saturated heterocycles. The van der Waals surface area contributed by atoms with Crippen LogP contribution in [0.2, 0.25) is 0 Å². The third-order valence-electron chi connectivity index (χ3n) is 11.4. The summed E-state index contributed by atoms with van der Waals surface area (Å²) in [6.45, 7) is 15.2. The maximum Gasteiger partial charge on any atom is 0.309 e. The minimum absolute atomic E-state index is 0.0572. The number of likely N-dealkylation sites (N-methyl/N-ethyl adjacent to an activating group) is 1. The van der Waals surface area contributed by atoms with Gasteiger partial charge in [0.15, 0.2) is 18.7 Å². The van der Waals surface area contributed by atoms with Crippen molar-refractivity contribution < 1.29 is 76.8 Å². The summed E-state index contributed by atoms with van der Waals surface area (Å²) in [5, 5.41) is 23.7. The Morgan fingerprint density at radius 1 is 0.984 bits per heavy atom. The van der Waals surface area contributed by atoms with E-state index >= 15 is 0 Å². The van der Waals surface area contributed by atoms with Crippen molar-refractivity contribution in [3.63, 3.8) is 0 Å². The van der Waals surface area contributed by atoms with Crippen LogP contribution in [0.15, 0.2) is 24.3 Å². The predicted molar refractivity (Wildman–Crippen MR) is 224 cm³/mol. The first kappa shape index (κ1) is 53.1. The quantitative estimate of drug-likeness (QED) is 0.144. The summed E-state index contributed by atoms with van der Waals surface area (Å²) in [5.41, 5.74) is -1.51. The number of ether oxygens (including phenoxy) is 9. The number of carbonyl (C=O) groups excluding carboxylic acids is 5. The lowest BCUT2D eigenvalue weighted by molar-refractivity contribution is -0.344. The first-order valence-corrected chi connectivity index (χ1v) is 21.9. The average molecular weight is 884 g/mol. The number of nitrogens with zero attached hydrogens (tertiary/aromatic N) is 1. The lowest BCUT2D eigenvalue weighted by Gasteiger charge is -2.50. The normalized spacial score (nSPS) is 38.7. The number of esters is 4. The smallest absolute Gasteiger partial charge is 0.309 e. The van der Waals surface area contributed by atoms with Gasteiger partial charge in [0, 0.05) is 46.1 Å². The van der Waals surface area contributed by atoms with Gasteiger partial charge in [0.05, 0.1) is 30.8 Å². The zero-order chi connectivity index (χ0) is 46.5. The zero-order valence-corrected chi connectivity index (χ0v) is 38.6. The lowest BCUT2D eigenvalue weighted by Crippen LogP contribution is -2.66. The van der Waals surface area contributed by atoms with Crippen molar-refractivity contribution in [2.24, 2.45) is 17.8 Å². The van der Waals surface area contributed by atoms with Crippen LogP contribution in [-0.2, 0) is 66.6 Å². The summed E-state index contributed by atoms with van der Waals surface area (Å²) in [4.78, 5) is 65.3. The Kier molecular flexibility index (Phi) is 21.1. The number of aldehydes is 1. The Balaban J connectivity index is 2.03. The molecule has 0 aromatic rings. The molecule has 0 aromatic heterocycles. The Morgan fingerprint density at radius 3 is 2.26 bits per heavy atom. The summed E-state index contributed by atoms with van der Waals surface area (Å²) >= 11 is 0. The molecule has 2 fully saturated rings. The van der Waals surface area contributed by atoms with Crippen LogP contribution in [0.5, 0.6) is 0 Å². The van der Waals surface area contributed by atoms with Gasteiger partial charge in [0.25, 0.3) is 0 Å². The summed E-state index contributed by atoms with van der Waals surface area (Å²) in [5.74, 6) is -3.31. The minimum Gasteiger partial charge on any atom is -0.462 e. The predicted octanol–water partition coefficient (Wildman–Crippen LogP) is 3.97. The van der Waals surface area contributed by atoms with E-state index in [0.29, 0.717) is 12.7 Å². The molecule has 0 aliphatic carbocycles. The number of hydrogen-bond donors (Lipinski definition) is 2. The monoisotopic (exact) mass is 883 g/mol. The van der Waals surface area contributed by atoms with Gasteiger partial charge in [-0.25, -0.2) is 0 Å². The molecule has 0 aromatic carbocycles. The van der Waals surface area contributed by atoms with Crippen molar-refractivity contribution in [1.29, 1.82) is 0 Å². The van der Waals surface area contributed by atoms with Crippen LogP contribution in [0.1, 0.15) is 107 Å². The fraction of sp³-hybridized carbons (Fsp3) is 0.800. The summed E-state index contributed by atoms with van der Waals surface area (Å²) < 4.78 is 54.7. The third kappa shape index (κ3) is 15.5. The van der Waals surface area contributed by atoms with Crippen molar-refractivity contribution >= 4 is 30.2 Å². The molecule has 0 radical (unpaired) electrons. The highest BCUT2D eigenvalue weighted by molar-refractivity contribution is 5.72. The van der Waals surface area contributed by atoms with E-state index < -0.39 is 127 Å². The largest absolute Gasteiger partial charge is 0.462 e. The Hall–Kier alpha value is -3.29. The van der Waals surface area contributed by atoms with Gasteiger partial charge in [-0.2, -0.15) is 0 Å². The number of aliphatic hydroxyl groups excluding tert-OH is 1. The summed E-state index contributed by atoms with van der Waals surface area (Å²) in [6.07, 6.45) is -3.95. The average Bonchev–Trinajstić information content (AvgIpc) is 3.15. The molecule has 3 heterocycles. The van der Waals surface area contributed by atoms with E-state index in [9.17, 15) is 34.2 Å². The van der Waals surface area contributed by atoms with Gasteiger partial charge in [-0.05, 0) is 72.0 Å². The molecule has 0 amide bonds. The molecule has 0 spiro atoms. The zero-order valence-electron chi connectivity index (χ0n) is 38.6. The maximum atomic E-state index is 13.4. The second kappa shape index (κ2) is 24.7. The first-order chi connectivity index (χ1) is 29.1. The van der Waals surface area contributed by atoms with E-state index in [4.69, 9.17) is 42.6 Å². The molecule has 3 aliphatic heterocycles. The van der Waals surface area contributed by atoms with Gasteiger partial charge in [-0.3, -0.25) is 19.2 Å². The Morgan fingerprint density at radius 2 is 1.68 bits per heavy atom. The SMILES string of the molecule is CCC(=O)O[C@H]1/C=C/C=C/C[C@@H](C)OC(=O)CC(OC(C)=O)[C@H](OC)[C@@H](O[C@@H]2O[C@H](C)[C@@H](O[C@H]3C[C@@](C)(O)[C@@H](OC(=O)CC(C)C)[C@H](C)O3)[C@H](N(C)C)[C@H]2O)[C@@H](CC=O)C[C@H]1C. The standard InChI is InChI=1S/C45H73NO16/c1-13-34(49)59-32-18-16-14-15-17-27(5)55-36(51)23-33(58-30(8)48)42(54-12)41(31(19-20-47)22-26(32)4)62-44-39(52)38(46(10)11)40(28(6)57-44)61-37-24-45(9,53)43(29(7)56-37)60-35(50)21-25(2)3/h14-16,18,20,25-29,31-33,37-44,52-53H,13,17,19,21-24H2,1-12H3/b15-14+,18-16+/t26-,27-,28-,29+,31+,32+,33?,37+,38-,39-,40-,41+,42+,43+,44+,45-/m1/s1. The number of cyclic esters (lactones) is 1. The van der Waals surface area contributed by atoms with Gasteiger partial charge in [0.2, 0.25) is 0 Å². The van der Waals surface area contributed by atoms with Crippen LogP contribution < -0.4 is 0 Å². The highest BCUT2D eigenvalue weighted by Gasteiger charge is 2.53. The van der Waals surface area contributed by atoms with Crippen LogP contribution in [-0.4, -0.2) is 152 Å². The van der Waals surface area contributed by atoms with Crippen molar-refractivity contribution in [1.82, 2.24) is 4.90 Å². The van der Waals surface area contributed by atoms with Gasteiger partial charge >= 0.3 is 23.9 Å². The fourth-order valence-electron chi connectivity index (χ4n) is 8.46. The number of aliphatic hydroxyl groups is 2. The molecule has 354 valence electrons. The fourth-order valence-corrected chi connectivity index (χ4v) is 8.46. The summed E-state index contributed by atoms with van der Waals surface area (Å²) in [7, 11) is 4.85. The molecule has 17 nitrogen and oxygen atoms in total. The number of rotatable bonds is 14. The molecule has 3 rings (SSSR count). The van der Waals surface area contributed by atoms with Crippen molar-refractivity contribution in [2.45, 2.75) is 193 Å². The van der Waals surface area contributed by atoms with Gasteiger partial charge < -0.3 is 62.5 Å². The van der Waals surface area contributed by atoms with Crippen molar-refractivity contribution in [3.05, 3.63) is 24.3 Å². The van der Waals surface area contributed by atoms with Crippen molar-refractivity contribution in [3.8, 4) is 0 Å². The molecule has 3 aliphatic rings. The van der Waals surface area contributed by atoms with Gasteiger partial charge in [-0.15, -0.1) is 0 Å².